The first-order valence-electron chi connectivity index (χ1n) is 8.17. The number of hydrogen-bond donors (Lipinski definition) is 0. The van der Waals surface area contributed by atoms with E-state index in [2.05, 4.69) is 0 Å². The van der Waals surface area contributed by atoms with Gasteiger partial charge in [-0.3, -0.25) is 13.8 Å². The molecule has 2 amide bonds. The molecule has 0 saturated carbocycles. The van der Waals surface area contributed by atoms with Crippen LogP contribution in [0.4, 0.5) is 5.69 Å². The number of hydrogen-bond acceptors (Lipinski definition) is 5. The second-order valence-electron chi connectivity index (χ2n) is 7.44. The van der Waals surface area contributed by atoms with E-state index in [-0.39, 0.29) is 17.4 Å². The monoisotopic (exact) mass is 358 g/mol. The zero-order valence-corrected chi connectivity index (χ0v) is 15.1. The Morgan fingerprint density at radius 2 is 1.76 bits per heavy atom. The number of benzene rings is 1. The Bertz CT molecular complexity index is 858. The number of fused-ring (bicyclic) bond motifs is 5. The van der Waals surface area contributed by atoms with E-state index in [4.69, 9.17) is 10.00 Å². The molecular weight excluding hydrogens is 340 g/mol. The average Bonchev–Trinajstić information content (AvgIpc) is 3.11. The lowest BCUT2D eigenvalue weighted by Gasteiger charge is -2.27. The normalized spacial score (nSPS) is 37.3. The van der Waals surface area contributed by atoms with Crippen LogP contribution in [0.3, 0.4) is 0 Å². The van der Waals surface area contributed by atoms with Gasteiger partial charge in [0, 0.05) is 6.26 Å². The third kappa shape index (κ3) is 2.01. The van der Waals surface area contributed by atoms with Crippen molar-refractivity contribution in [2.75, 3.05) is 11.2 Å². The van der Waals surface area contributed by atoms with Gasteiger partial charge in [-0.15, -0.1) is 0 Å². The SMILES string of the molecule is CS(=O)c1cc(N2C(=O)C3C(C2=O)C2(C)CCC3(C)O2)ccc1C#N. The van der Waals surface area contributed by atoms with Gasteiger partial charge < -0.3 is 4.74 Å². The van der Waals surface area contributed by atoms with Crippen molar-refractivity contribution in [1.82, 2.24) is 0 Å². The van der Waals surface area contributed by atoms with Gasteiger partial charge in [-0.1, -0.05) is 0 Å². The maximum Gasteiger partial charge on any atom is 0.240 e. The van der Waals surface area contributed by atoms with E-state index < -0.39 is 33.8 Å². The zero-order valence-electron chi connectivity index (χ0n) is 14.2. The Labute approximate surface area is 148 Å². The standard InChI is InChI=1S/C18H18N2O4S/c1-17-6-7-18(2,24-17)14-13(17)15(21)20(16(14)22)11-5-4-10(9-19)12(8-11)25(3)23/h4-5,8,13-14H,6-7H2,1-3H3. The van der Waals surface area contributed by atoms with Crippen molar-refractivity contribution in [2.24, 2.45) is 11.8 Å². The summed E-state index contributed by atoms with van der Waals surface area (Å²) >= 11 is 0. The molecule has 130 valence electrons. The number of amides is 2. The highest BCUT2D eigenvalue weighted by molar-refractivity contribution is 7.84. The number of anilines is 1. The van der Waals surface area contributed by atoms with Gasteiger partial charge in [0.25, 0.3) is 0 Å². The third-order valence-corrected chi connectivity index (χ3v) is 6.82. The first kappa shape index (κ1) is 16.4. The minimum atomic E-state index is -1.39. The number of nitriles is 1. The van der Waals surface area contributed by atoms with Crippen molar-refractivity contribution in [1.29, 1.82) is 5.26 Å². The minimum Gasteiger partial charge on any atom is -0.367 e. The van der Waals surface area contributed by atoms with Gasteiger partial charge in [0.15, 0.2) is 0 Å². The Morgan fingerprint density at radius 3 is 2.24 bits per heavy atom. The number of nitrogens with zero attached hydrogens (tertiary/aromatic N) is 2. The summed E-state index contributed by atoms with van der Waals surface area (Å²) in [6.07, 6.45) is 2.99. The molecule has 0 spiro atoms. The van der Waals surface area contributed by atoms with Crippen molar-refractivity contribution in [2.45, 2.75) is 42.8 Å². The highest BCUT2D eigenvalue weighted by Crippen LogP contribution is 2.60. The van der Waals surface area contributed by atoms with Crippen LogP contribution >= 0.6 is 0 Å². The van der Waals surface area contributed by atoms with Gasteiger partial charge >= 0.3 is 0 Å². The molecule has 3 aliphatic rings. The lowest BCUT2D eigenvalue weighted by Crippen LogP contribution is -2.40. The minimum absolute atomic E-state index is 0.265. The maximum atomic E-state index is 13.1. The summed E-state index contributed by atoms with van der Waals surface area (Å²) < 4.78 is 18.0. The Balaban J connectivity index is 1.80. The number of carbonyl (C=O) groups is 2. The van der Waals surface area contributed by atoms with Crippen LogP contribution in [-0.4, -0.2) is 33.5 Å². The molecular formula is C18H18N2O4S. The van der Waals surface area contributed by atoms with Gasteiger partial charge in [-0.25, -0.2) is 4.90 Å². The van der Waals surface area contributed by atoms with Gasteiger partial charge in [0.05, 0.1) is 50.0 Å². The largest absolute Gasteiger partial charge is 0.367 e. The molecule has 1 aromatic rings. The Morgan fingerprint density at radius 1 is 1.20 bits per heavy atom. The van der Waals surface area contributed by atoms with Crippen molar-refractivity contribution >= 4 is 28.3 Å². The summed E-state index contributed by atoms with van der Waals surface area (Å²) in [6.45, 7) is 3.81. The fourth-order valence-electron chi connectivity index (χ4n) is 4.70. The second-order valence-corrected chi connectivity index (χ2v) is 8.79. The van der Waals surface area contributed by atoms with Crippen molar-refractivity contribution in [3.05, 3.63) is 23.8 Å². The summed E-state index contributed by atoms with van der Waals surface area (Å²) in [6, 6.07) is 6.58. The fraction of sp³-hybridized carbons (Fsp3) is 0.500. The molecule has 0 N–H and O–H groups in total. The molecule has 3 heterocycles. The third-order valence-electron chi connectivity index (χ3n) is 5.86. The second kappa shape index (κ2) is 4.99. The van der Waals surface area contributed by atoms with Crippen LogP contribution in [0.15, 0.2) is 23.1 Å². The quantitative estimate of drug-likeness (QED) is 0.752. The molecule has 6 nitrogen and oxygen atoms in total. The molecule has 7 heteroatoms. The number of rotatable bonds is 2. The molecule has 0 aromatic heterocycles. The molecule has 3 aliphatic heterocycles. The van der Waals surface area contributed by atoms with Crippen molar-refractivity contribution in [3.63, 3.8) is 0 Å². The zero-order chi connectivity index (χ0) is 18.1. The lowest BCUT2D eigenvalue weighted by molar-refractivity contribution is -0.129. The Kier molecular flexibility index (Phi) is 3.28. The summed E-state index contributed by atoms with van der Waals surface area (Å²) in [5.41, 5.74) is -0.556. The van der Waals surface area contributed by atoms with E-state index in [0.29, 0.717) is 10.6 Å². The van der Waals surface area contributed by atoms with Gasteiger partial charge in [0.1, 0.15) is 6.07 Å². The molecule has 5 unspecified atom stereocenters. The summed E-state index contributed by atoms with van der Waals surface area (Å²) in [4.78, 5) is 27.6. The smallest absolute Gasteiger partial charge is 0.240 e. The predicted octanol–water partition coefficient (Wildman–Crippen LogP) is 1.74. The van der Waals surface area contributed by atoms with Crippen LogP contribution in [0.1, 0.15) is 32.3 Å². The highest BCUT2D eigenvalue weighted by Gasteiger charge is 2.72. The average molecular weight is 358 g/mol. The molecule has 2 bridgehead atoms. The van der Waals surface area contributed by atoms with Crippen LogP contribution in [-0.2, 0) is 25.1 Å². The van der Waals surface area contributed by atoms with E-state index in [0.717, 1.165) is 12.8 Å². The van der Waals surface area contributed by atoms with E-state index in [1.54, 1.807) is 6.07 Å². The number of imide groups is 1. The molecule has 1 aromatic carbocycles. The van der Waals surface area contributed by atoms with Crippen molar-refractivity contribution < 1.29 is 18.5 Å². The predicted molar refractivity (Wildman–Crippen MR) is 90.1 cm³/mol. The van der Waals surface area contributed by atoms with E-state index in [9.17, 15) is 13.8 Å². The molecule has 3 saturated heterocycles. The van der Waals surface area contributed by atoms with Crippen LogP contribution in [0, 0.1) is 23.2 Å². The first-order chi connectivity index (χ1) is 11.7. The van der Waals surface area contributed by atoms with Crippen LogP contribution in [0.5, 0.6) is 0 Å². The summed E-state index contributed by atoms with van der Waals surface area (Å²) in [7, 11) is -1.39. The summed E-state index contributed by atoms with van der Waals surface area (Å²) in [5, 5.41) is 9.16. The number of carbonyl (C=O) groups excluding carboxylic acids is 2. The molecule has 0 radical (unpaired) electrons. The molecule has 0 aliphatic carbocycles. The number of ether oxygens (including phenoxy) is 1. The first-order valence-corrected chi connectivity index (χ1v) is 9.73. The highest BCUT2D eigenvalue weighted by atomic mass is 32.2. The van der Waals surface area contributed by atoms with Crippen LogP contribution < -0.4 is 4.90 Å². The van der Waals surface area contributed by atoms with E-state index >= 15 is 0 Å². The summed E-state index contributed by atoms with van der Waals surface area (Å²) in [5.74, 6) is -1.49. The van der Waals surface area contributed by atoms with Crippen LogP contribution in [0.2, 0.25) is 0 Å². The molecule has 4 rings (SSSR count). The van der Waals surface area contributed by atoms with Gasteiger partial charge in [0.2, 0.25) is 11.8 Å². The van der Waals surface area contributed by atoms with Crippen LogP contribution in [0.25, 0.3) is 0 Å². The molecule has 3 fully saturated rings. The lowest BCUT2D eigenvalue weighted by atomic mass is 9.69. The Hall–Kier alpha value is -2.04. The van der Waals surface area contributed by atoms with E-state index in [1.807, 2.05) is 19.9 Å². The fourth-order valence-corrected chi connectivity index (χ4v) is 5.41. The van der Waals surface area contributed by atoms with Gasteiger partial charge in [-0.05, 0) is 44.9 Å². The molecule has 25 heavy (non-hydrogen) atoms. The molecule has 5 atom stereocenters. The van der Waals surface area contributed by atoms with Gasteiger partial charge in [-0.2, -0.15) is 5.26 Å². The maximum absolute atomic E-state index is 13.1. The topological polar surface area (TPSA) is 87.5 Å². The van der Waals surface area contributed by atoms with E-state index in [1.165, 1.54) is 23.3 Å². The van der Waals surface area contributed by atoms with Crippen molar-refractivity contribution in [3.8, 4) is 6.07 Å².